The molecule has 1 aliphatic rings. The maximum atomic E-state index is 12.6. The van der Waals surface area contributed by atoms with Crippen LogP contribution in [0.15, 0.2) is 30.3 Å². The second-order valence-electron chi connectivity index (χ2n) is 5.76. The van der Waals surface area contributed by atoms with E-state index in [1.54, 1.807) is 6.08 Å². The van der Waals surface area contributed by atoms with Crippen LogP contribution in [-0.4, -0.2) is 22.2 Å². The first-order valence-electron chi connectivity index (χ1n) is 7.65. The Hall–Kier alpha value is -2.36. The van der Waals surface area contributed by atoms with Gasteiger partial charge in [-0.15, -0.1) is 0 Å². The van der Waals surface area contributed by atoms with Crippen molar-refractivity contribution in [2.45, 2.75) is 26.7 Å². The van der Waals surface area contributed by atoms with Gasteiger partial charge in [0.25, 0.3) is 5.91 Å². The Bertz CT molecular complexity index is 743. The number of rotatable bonds is 2. The molecular formula is C18H21N3O. The molecule has 1 aromatic carbocycles. The van der Waals surface area contributed by atoms with Gasteiger partial charge in [0, 0.05) is 36.6 Å². The highest BCUT2D eigenvalue weighted by Crippen LogP contribution is 2.27. The van der Waals surface area contributed by atoms with Gasteiger partial charge in [-0.05, 0) is 44.4 Å². The minimum atomic E-state index is 0.0369. The largest absolute Gasteiger partial charge is 0.309 e. The van der Waals surface area contributed by atoms with E-state index in [1.165, 1.54) is 5.56 Å². The molecule has 1 aliphatic heterocycles. The zero-order valence-electron chi connectivity index (χ0n) is 13.3. The molecule has 3 rings (SSSR count). The molecule has 0 saturated carbocycles. The molecule has 0 saturated heterocycles. The van der Waals surface area contributed by atoms with Gasteiger partial charge in [0.15, 0.2) is 0 Å². The number of hydrogen-bond donors (Lipinski definition) is 0. The fourth-order valence-corrected chi connectivity index (χ4v) is 3.04. The third-order valence-electron chi connectivity index (χ3n) is 4.33. The van der Waals surface area contributed by atoms with Gasteiger partial charge in [-0.1, -0.05) is 18.2 Å². The number of fused-ring (bicyclic) bond motifs is 1. The van der Waals surface area contributed by atoms with Crippen LogP contribution < -0.4 is 4.90 Å². The summed E-state index contributed by atoms with van der Waals surface area (Å²) in [6.45, 7) is 4.76. The second-order valence-corrected chi connectivity index (χ2v) is 5.76. The van der Waals surface area contributed by atoms with Gasteiger partial charge in [-0.25, -0.2) is 0 Å². The third kappa shape index (κ3) is 2.56. The first kappa shape index (κ1) is 14.6. The summed E-state index contributed by atoms with van der Waals surface area (Å²) in [6.07, 6.45) is 5.61. The van der Waals surface area contributed by atoms with E-state index in [1.807, 2.05) is 54.8 Å². The standard InChI is InChI=1S/C18H21N3O/c1-13-16(14(2)20(3)19-13)10-11-18(22)21-12-6-8-15-7-4-5-9-17(15)21/h4-5,7,9-11H,6,8,12H2,1-3H3. The fraction of sp³-hybridized carbons (Fsp3) is 0.333. The number of aryl methyl sites for hydroxylation is 3. The minimum Gasteiger partial charge on any atom is -0.309 e. The number of carbonyl (C=O) groups is 1. The molecule has 1 amide bonds. The van der Waals surface area contributed by atoms with E-state index in [0.29, 0.717) is 0 Å². The highest BCUT2D eigenvalue weighted by atomic mass is 16.2. The Kier molecular flexibility index (Phi) is 3.84. The molecule has 0 N–H and O–H groups in total. The van der Waals surface area contributed by atoms with E-state index in [9.17, 15) is 4.79 Å². The summed E-state index contributed by atoms with van der Waals surface area (Å²) < 4.78 is 1.84. The predicted molar refractivity (Wildman–Crippen MR) is 88.8 cm³/mol. The minimum absolute atomic E-state index is 0.0369. The number of anilines is 1. The van der Waals surface area contributed by atoms with Gasteiger partial charge in [-0.2, -0.15) is 5.10 Å². The molecule has 0 bridgehead atoms. The zero-order valence-corrected chi connectivity index (χ0v) is 13.3. The van der Waals surface area contributed by atoms with E-state index >= 15 is 0 Å². The first-order valence-corrected chi connectivity index (χ1v) is 7.65. The Morgan fingerprint density at radius 2 is 2.05 bits per heavy atom. The van der Waals surface area contributed by atoms with Gasteiger partial charge in [0.1, 0.15) is 0 Å². The zero-order chi connectivity index (χ0) is 15.7. The molecule has 2 heterocycles. The first-order chi connectivity index (χ1) is 10.6. The van der Waals surface area contributed by atoms with Crippen LogP contribution in [0.5, 0.6) is 0 Å². The van der Waals surface area contributed by atoms with Crippen molar-refractivity contribution >= 4 is 17.7 Å². The molecule has 22 heavy (non-hydrogen) atoms. The topological polar surface area (TPSA) is 38.1 Å². The summed E-state index contributed by atoms with van der Waals surface area (Å²) in [7, 11) is 1.92. The van der Waals surface area contributed by atoms with Crippen molar-refractivity contribution in [2.75, 3.05) is 11.4 Å². The van der Waals surface area contributed by atoms with Crippen LogP contribution in [0.3, 0.4) is 0 Å². The average Bonchev–Trinajstić information content (AvgIpc) is 2.77. The summed E-state index contributed by atoms with van der Waals surface area (Å²) in [5.74, 6) is 0.0369. The van der Waals surface area contributed by atoms with Crippen molar-refractivity contribution < 1.29 is 4.79 Å². The molecule has 114 valence electrons. The maximum Gasteiger partial charge on any atom is 0.250 e. The maximum absolute atomic E-state index is 12.6. The summed E-state index contributed by atoms with van der Waals surface area (Å²) in [4.78, 5) is 14.4. The lowest BCUT2D eigenvalue weighted by molar-refractivity contribution is -0.114. The van der Waals surface area contributed by atoms with Crippen LogP contribution in [-0.2, 0) is 18.3 Å². The normalized spacial score (nSPS) is 14.4. The van der Waals surface area contributed by atoms with Crippen molar-refractivity contribution in [3.05, 3.63) is 52.9 Å². The number of aromatic nitrogens is 2. The summed E-state index contributed by atoms with van der Waals surface area (Å²) >= 11 is 0. The number of para-hydroxylation sites is 1. The summed E-state index contributed by atoms with van der Waals surface area (Å²) in [6, 6.07) is 8.16. The second kappa shape index (κ2) is 5.79. The summed E-state index contributed by atoms with van der Waals surface area (Å²) in [5, 5.41) is 4.38. The van der Waals surface area contributed by atoms with Crippen LogP contribution in [0.2, 0.25) is 0 Å². The molecule has 1 aromatic heterocycles. The van der Waals surface area contributed by atoms with Crippen LogP contribution in [0.1, 0.15) is 28.9 Å². The van der Waals surface area contributed by atoms with Crippen LogP contribution in [0, 0.1) is 13.8 Å². The average molecular weight is 295 g/mol. The lowest BCUT2D eigenvalue weighted by Crippen LogP contribution is -2.34. The van der Waals surface area contributed by atoms with Crippen molar-refractivity contribution in [1.82, 2.24) is 9.78 Å². The number of benzene rings is 1. The number of hydrogen-bond acceptors (Lipinski definition) is 2. The summed E-state index contributed by atoms with van der Waals surface area (Å²) in [5.41, 5.74) is 5.34. The van der Waals surface area contributed by atoms with Gasteiger partial charge >= 0.3 is 0 Å². The van der Waals surface area contributed by atoms with E-state index in [4.69, 9.17) is 0 Å². The third-order valence-corrected chi connectivity index (χ3v) is 4.33. The molecule has 0 radical (unpaired) electrons. The number of nitrogens with zero attached hydrogens (tertiary/aromatic N) is 3. The molecule has 0 atom stereocenters. The van der Waals surface area contributed by atoms with Crippen molar-refractivity contribution in [3.63, 3.8) is 0 Å². The SMILES string of the molecule is Cc1nn(C)c(C)c1C=CC(=O)N1CCCc2ccccc21. The molecule has 0 aliphatic carbocycles. The number of amides is 1. The van der Waals surface area contributed by atoms with Crippen molar-refractivity contribution in [1.29, 1.82) is 0 Å². The van der Waals surface area contributed by atoms with Crippen molar-refractivity contribution in [2.24, 2.45) is 7.05 Å². The monoisotopic (exact) mass is 295 g/mol. The Labute approximate surface area is 131 Å². The van der Waals surface area contributed by atoms with Crippen LogP contribution in [0.25, 0.3) is 6.08 Å². The molecule has 0 spiro atoms. The van der Waals surface area contributed by atoms with Crippen molar-refractivity contribution in [3.8, 4) is 0 Å². The molecule has 2 aromatic rings. The van der Waals surface area contributed by atoms with E-state index in [2.05, 4.69) is 11.2 Å². The Morgan fingerprint density at radius 1 is 1.27 bits per heavy atom. The van der Waals surface area contributed by atoms with Crippen LogP contribution in [0.4, 0.5) is 5.69 Å². The highest BCUT2D eigenvalue weighted by molar-refractivity contribution is 6.04. The molecular weight excluding hydrogens is 274 g/mol. The Balaban J connectivity index is 1.85. The van der Waals surface area contributed by atoms with E-state index < -0.39 is 0 Å². The van der Waals surface area contributed by atoms with Gasteiger partial charge in [-0.3, -0.25) is 9.48 Å². The lowest BCUT2D eigenvalue weighted by Gasteiger charge is -2.28. The highest BCUT2D eigenvalue weighted by Gasteiger charge is 2.20. The molecule has 0 fully saturated rings. The van der Waals surface area contributed by atoms with Gasteiger partial charge < -0.3 is 4.90 Å². The van der Waals surface area contributed by atoms with Crippen LogP contribution >= 0.6 is 0 Å². The smallest absolute Gasteiger partial charge is 0.250 e. The van der Waals surface area contributed by atoms with E-state index in [-0.39, 0.29) is 5.91 Å². The van der Waals surface area contributed by atoms with Gasteiger partial charge in [0.05, 0.1) is 5.69 Å². The molecule has 0 unspecified atom stereocenters. The molecule has 4 nitrogen and oxygen atoms in total. The van der Waals surface area contributed by atoms with Gasteiger partial charge in [0.2, 0.25) is 0 Å². The quantitative estimate of drug-likeness (QED) is 0.799. The number of carbonyl (C=O) groups excluding carboxylic acids is 1. The lowest BCUT2D eigenvalue weighted by atomic mass is 10.0. The Morgan fingerprint density at radius 3 is 2.77 bits per heavy atom. The fourth-order valence-electron chi connectivity index (χ4n) is 3.04. The van der Waals surface area contributed by atoms with E-state index in [0.717, 1.165) is 42.0 Å². The molecule has 4 heteroatoms. The predicted octanol–water partition coefficient (Wildman–Crippen LogP) is 3.03.